The number of thiazole rings is 1. The lowest BCUT2D eigenvalue weighted by molar-refractivity contribution is 0.0995. The number of furan rings is 1. The predicted octanol–water partition coefficient (Wildman–Crippen LogP) is 5.54. The zero-order chi connectivity index (χ0) is 16.4. The fourth-order valence-electron chi connectivity index (χ4n) is 2.10. The van der Waals surface area contributed by atoms with Gasteiger partial charge < -0.3 is 4.42 Å². The molecule has 0 fully saturated rings. The first-order valence-corrected chi connectivity index (χ1v) is 8.83. The van der Waals surface area contributed by atoms with Crippen molar-refractivity contribution in [2.75, 3.05) is 5.32 Å². The number of carbonyl (C=O) groups is 1. The normalized spacial score (nSPS) is 11.0. The molecule has 3 rings (SSSR count). The van der Waals surface area contributed by atoms with Crippen LogP contribution in [0.1, 0.15) is 35.9 Å². The topological polar surface area (TPSA) is 55.1 Å². The van der Waals surface area contributed by atoms with Crippen molar-refractivity contribution in [3.05, 3.63) is 57.8 Å². The molecule has 1 amide bonds. The molecule has 0 radical (unpaired) electrons. The first-order chi connectivity index (χ1) is 11.0. The number of aromatic nitrogens is 1. The average molecular weight is 391 g/mol. The van der Waals surface area contributed by atoms with Crippen molar-refractivity contribution in [1.82, 2.24) is 4.98 Å². The van der Waals surface area contributed by atoms with Crippen LogP contribution in [0.2, 0.25) is 0 Å². The minimum Gasteiger partial charge on any atom is -0.444 e. The Morgan fingerprint density at radius 2 is 1.96 bits per heavy atom. The molecule has 118 valence electrons. The van der Waals surface area contributed by atoms with Gasteiger partial charge in [-0.25, -0.2) is 4.98 Å². The highest BCUT2D eigenvalue weighted by Gasteiger charge is 2.13. The molecule has 0 aliphatic rings. The zero-order valence-electron chi connectivity index (χ0n) is 12.7. The van der Waals surface area contributed by atoms with E-state index in [2.05, 4.69) is 64.3 Å². The fraction of sp³-hybridized carbons (Fsp3) is 0.176. The van der Waals surface area contributed by atoms with Gasteiger partial charge in [0.2, 0.25) is 0 Å². The van der Waals surface area contributed by atoms with Crippen molar-refractivity contribution in [2.24, 2.45) is 0 Å². The monoisotopic (exact) mass is 390 g/mol. The Balaban J connectivity index is 1.74. The molecule has 23 heavy (non-hydrogen) atoms. The summed E-state index contributed by atoms with van der Waals surface area (Å²) in [6.07, 6.45) is 0. The van der Waals surface area contributed by atoms with E-state index in [0.29, 0.717) is 15.7 Å². The molecule has 0 saturated carbocycles. The zero-order valence-corrected chi connectivity index (χ0v) is 15.1. The second-order valence-corrected chi connectivity index (χ2v) is 7.01. The summed E-state index contributed by atoms with van der Waals surface area (Å²) in [4.78, 5) is 16.5. The highest BCUT2D eigenvalue weighted by Crippen LogP contribution is 2.27. The molecule has 0 saturated heterocycles. The quantitative estimate of drug-likeness (QED) is 0.635. The van der Waals surface area contributed by atoms with Gasteiger partial charge in [-0.3, -0.25) is 10.1 Å². The number of nitrogens with zero attached hydrogens (tertiary/aromatic N) is 1. The third kappa shape index (κ3) is 3.71. The molecule has 2 heterocycles. The first-order valence-electron chi connectivity index (χ1n) is 7.15. The van der Waals surface area contributed by atoms with Gasteiger partial charge in [0.15, 0.2) is 15.6 Å². The van der Waals surface area contributed by atoms with Crippen molar-refractivity contribution in [2.45, 2.75) is 19.8 Å². The Hall–Kier alpha value is -1.92. The Morgan fingerprint density at radius 3 is 2.57 bits per heavy atom. The highest BCUT2D eigenvalue weighted by molar-refractivity contribution is 9.10. The van der Waals surface area contributed by atoms with Crippen LogP contribution in [0.25, 0.3) is 11.3 Å². The van der Waals surface area contributed by atoms with Crippen LogP contribution in [0.3, 0.4) is 0 Å². The maximum Gasteiger partial charge on any atom is 0.293 e. The molecule has 0 unspecified atom stereocenters. The maximum absolute atomic E-state index is 12.0. The Kier molecular flexibility index (Phi) is 4.63. The summed E-state index contributed by atoms with van der Waals surface area (Å²) in [5.41, 5.74) is 3.18. The number of halogens is 1. The molecule has 6 heteroatoms. The highest BCUT2D eigenvalue weighted by atomic mass is 79.9. The first kappa shape index (κ1) is 16.0. The maximum atomic E-state index is 12.0. The standard InChI is InChI=1S/C17H15BrN2O2S/c1-10(2)11-3-5-12(6-4-11)13-9-23-17(19-13)20-16(21)14-7-8-15(18)22-14/h3-10H,1-2H3,(H,19,20,21). The second-order valence-electron chi connectivity index (χ2n) is 5.37. The van der Waals surface area contributed by atoms with Crippen LogP contribution in [-0.4, -0.2) is 10.9 Å². The molecule has 1 N–H and O–H groups in total. The van der Waals surface area contributed by atoms with Gasteiger partial charge in [-0.2, -0.15) is 0 Å². The number of carbonyl (C=O) groups excluding carboxylic acids is 1. The molecule has 4 nitrogen and oxygen atoms in total. The van der Waals surface area contributed by atoms with E-state index in [1.165, 1.54) is 16.9 Å². The molecule has 0 bridgehead atoms. The van der Waals surface area contributed by atoms with Crippen LogP contribution in [0.15, 0.2) is 50.9 Å². The summed E-state index contributed by atoms with van der Waals surface area (Å²) in [5, 5.41) is 5.22. The van der Waals surface area contributed by atoms with Gasteiger partial charge in [0.1, 0.15) is 0 Å². The molecule has 2 aromatic heterocycles. The van der Waals surface area contributed by atoms with Crippen LogP contribution in [-0.2, 0) is 0 Å². The van der Waals surface area contributed by atoms with Gasteiger partial charge in [-0.1, -0.05) is 38.1 Å². The molecular weight excluding hydrogens is 376 g/mol. The number of amides is 1. The lowest BCUT2D eigenvalue weighted by atomic mass is 10.0. The largest absolute Gasteiger partial charge is 0.444 e. The lowest BCUT2D eigenvalue weighted by Crippen LogP contribution is -2.10. The van der Waals surface area contributed by atoms with E-state index in [0.717, 1.165) is 11.3 Å². The Labute approximate surface area is 146 Å². The minimum atomic E-state index is -0.313. The van der Waals surface area contributed by atoms with Crippen LogP contribution < -0.4 is 5.32 Å². The van der Waals surface area contributed by atoms with E-state index < -0.39 is 0 Å². The van der Waals surface area contributed by atoms with Crippen LogP contribution in [0.5, 0.6) is 0 Å². The van der Waals surface area contributed by atoms with E-state index in [1.54, 1.807) is 12.1 Å². The van der Waals surface area contributed by atoms with Crippen molar-refractivity contribution < 1.29 is 9.21 Å². The third-order valence-corrected chi connectivity index (χ3v) is 4.58. The van der Waals surface area contributed by atoms with Crippen LogP contribution >= 0.6 is 27.3 Å². The van der Waals surface area contributed by atoms with Gasteiger partial charge in [-0.05, 0) is 39.5 Å². The smallest absolute Gasteiger partial charge is 0.293 e. The van der Waals surface area contributed by atoms with Crippen molar-refractivity contribution in [3.63, 3.8) is 0 Å². The van der Waals surface area contributed by atoms with Gasteiger partial charge in [0, 0.05) is 10.9 Å². The lowest BCUT2D eigenvalue weighted by Gasteiger charge is -2.05. The molecule has 0 atom stereocenters. The molecular formula is C17H15BrN2O2S. The summed E-state index contributed by atoms with van der Waals surface area (Å²) in [6.45, 7) is 4.33. The van der Waals surface area contributed by atoms with Gasteiger partial charge in [0.05, 0.1) is 5.69 Å². The van der Waals surface area contributed by atoms with Gasteiger partial charge in [0.25, 0.3) is 5.91 Å². The molecule has 3 aromatic rings. The summed E-state index contributed by atoms with van der Waals surface area (Å²) in [7, 11) is 0. The summed E-state index contributed by atoms with van der Waals surface area (Å²) in [5.74, 6) is 0.434. The molecule has 1 aromatic carbocycles. The van der Waals surface area contributed by atoms with E-state index in [-0.39, 0.29) is 11.7 Å². The van der Waals surface area contributed by atoms with E-state index >= 15 is 0 Å². The van der Waals surface area contributed by atoms with E-state index in [4.69, 9.17) is 4.42 Å². The number of hydrogen-bond acceptors (Lipinski definition) is 4. The Morgan fingerprint density at radius 1 is 1.22 bits per heavy atom. The summed E-state index contributed by atoms with van der Waals surface area (Å²) < 4.78 is 5.75. The third-order valence-electron chi connectivity index (χ3n) is 3.39. The van der Waals surface area contributed by atoms with E-state index in [1.807, 2.05) is 5.38 Å². The molecule has 0 aliphatic heterocycles. The van der Waals surface area contributed by atoms with Gasteiger partial charge in [-0.15, -0.1) is 11.3 Å². The number of benzene rings is 1. The predicted molar refractivity (Wildman–Crippen MR) is 96.0 cm³/mol. The van der Waals surface area contributed by atoms with Crippen molar-refractivity contribution >= 4 is 38.3 Å². The number of anilines is 1. The van der Waals surface area contributed by atoms with Gasteiger partial charge >= 0.3 is 0 Å². The fourth-order valence-corrected chi connectivity index (χ4v) is 3.12. The van der Waals surface area contributed by atoms with Crippen LogP contribution in [0.4, 0.5) is 5.13 Å². The summed E-state index contributed by atoms with van der Waals surface area (Å²) >= 11 is 4.56. The molecule has 0 spiro atoms. The number of rotatable bonds is 4. The van der Waals surface area contributed by atoms with Crippen LogP contribution in [0, 0.1) is 0 Å². The second kappa shape index (κ2) is 6.68. The van der Waals surface area contributed by atoms with Crippen molar-refractivity contribution in [3.8, 4) is 11.3 Å². The average Bonchev–Trinajstić information content (AvgIpc) is 3.16. The molecule has 0 aliphatic carbocycles. The number of hydrogen-bond donors (Lipinski definition) is 1. The minimum absolute atomic E-state index is 0.245. The summed E-state index contributed by atoms with van der Waals surface area (Å²) in [6, 6.07) is 11.6. The number of nitrogens with one attached hydrogen (secondary N) is 1. The van der Waals surface area contributed by atoms with Crippen molar-refractivity contribution in [1.29, 1.82) is 0 Å². The van der Waals surface area contributed by atoms with E-state index in [9.17, 15) is 4.79 Å². The SMILES string of the molecule is CC(C)c1ccc(-c2csc(NC(=O)c3ccc(Br)o3)n2)cc1. The Bertz CT molecular complexity index is 821.